The number of benzene rings is 2. The lowest BCUT2D eigenvalue weighted by Crippen LogP contribution is -2.25. The zero-order valence-electron chi connectivity index (χ0n) is 19.7. The first-order valence-electron chi connectivity index (χ1n) is 11.3. The molecule has 0 unspecified atom stereocenters. The molecule has 0 saturated carbocycles. The van der Waals surface area contributed by atoms with Crippen LogP contribution in [0, 0.1) is 0 Å². The van der Waals surface area contributed by atoms with E-state index in [1.807, 2.05) is 35.0 Å². The summed E-state index contributed by atoms with van der Waals surface area (Å²) >= 11 is 0. The van der Waals surface area contributed by atoms with Crippen LogP contribution >= 0.6 is 0 Å². The van der Waals surface area contributed by atoms with Crippen LogP contribution in [0.5, 0.6) is 5.75 Å². The van der Waals surface area contributed by atoms with Crippen LogP contribution in [-0.4, -0.2) is 51.5 Å². The van der Waals surface area contributed by atoms with Gasteiger partial charge in [0.1, 0.15) is 5.75 Å². The Morgan fingerprint density at radius 2 is 1.83 bits per heavy atom. The summed E-state index contributed by atoms with van der Waals surface area (Å²) in [5, 5.41) is 7.41. The SMILES string of the molecule is CCOC(=O)c1cc(-c2ccc(OC)cc2)n(-c2ccc(C(=O)NCCCn3ccnc3)cc2)n1. The number of nitrogens with zero attached hydrogens (tertiary/aromatic N) is 4. The molecule has 2 heterocycles. The zero-order chi connectivity index (χ0) is 24.6. The van der Waals surface area contributed by atoms with E-state index in [1.165, 1.54) is 0 Å². The molecule has 4 aromatic rings. The fourth-order valence-electron chi connectivity index (χ4n) is 3.59. The first kappa shape index (κ1) is 23.7. The van der Waals surface area contributed by atoms with E-state index in [4.69, 9.17) is 9.47 Å². The quantitative estimate of drug-likeness (QED) is 0.278. The summed E-state index contributed by atoms with van der Waals surface area (Å²) in [4.78, 5) is 28.9. The Bertz CT molecular complexity index is 1260. The summed E-state index contributed by atoms with van der Waals surface area (Å²) in [6, 6.07) is 16.3. The van der Waals surface area contributed by atoms with Gasteiger partial charge < -0.3 is 19.4 Å². The molecule has 1 amide bonds. The van der Waals surface area contributed by atoms with Gasteiger partial charge in [0.15, 0.2) is 5.69 Å². The molecule has 0 fully saturated rings. The van der Waals surface area contributed by atoms with E-state index >= 15 is 0 Å². The van der Waals surface area contributed by atoms with Gasteiger partial charge in [-0.05, 0) is 67.9 Å². The Balaban J connectivity index is 1.51. The Hall–Kier alpha value is -4.40. The summed E-state index contributed by atoms with van der Waals surface area (Å²) < 4.78 is 14.0. The highest BCUT2D eigenvalue weighted by Gasteiger charge is 2.18. The van der Waals surface area contributed by atoms with Crippen molar-refractivity contribution in [2.45, 2.75) is 19.9 Å². The molecule has 9 heteroatoms. The number of amides is 1. The van der Waals surface area contributed by atoms with E-state index in [9.17, 15) is 9.59 Å². The molecule has 0 atom stereocenters. The summed E-state index contributed by atoms with van der Waals surface area (Å²) in [6.07, 6.45) is 6.18. The number of hydrogen-bond donors (Lipinski definition) is 1. The van der Waals surface area contributed by atoms with Gasteiger partial charge >= 0.3 is 5.97 Å². The van der Waals surface area contributed by atoms with Crippen molar-refractivity contribution in [2.24, 2.45) is 0 Å². The standard InChI is InChI=1S/C26H27N5O4/c1-3-35-26(33)23-17-24(19-7-11-22(34-2)12-8-19)31(29-23)21-9-5-20(6-10-21)25(32)28-13-4-15-30-16-14-27-18-30/h5-12,14,16-18H,3-4,13,15H2,1-2H3,(H,28,32). The third kappa shape index (κ3) is 5.75. The molecule has 180 valence electrons. The predicted molar refractivity (Wildman–Crippen MR) is 131 cm³/mol. The molecule has 0 aliphatic heterocycles. The molecule has 2 aromatic heterocycles. The minimum absolute atomic E-state index is 0.148. The summed E-state index contributed by atoms with van der Waals surface area (Å²) in [6.45, 7) is 3.36. The van der Waals surface area contributed by atoms with Crippen molar-refractivity contribution in [1.29, 1.82) is 0 Å². The largest absolute Gasteiger partial charge is 0.497 e. The van der Waals surface area contributed by atoms with Crippen molar-refractivity contribution in [3.63, 3.8) is 0 Å². The molecular formula is C26H27N5O4. The topological polar surface area (TPSA) is 100 Å². The highest BCUT2D eigenvalue weighted by Crippen LogP contribution is 2.26. The zero-order valence-corrected chi connectivity index (χ0v) is 19.7. The van der Waals surface area contributed by atoms with E-state index < -0.39 is 5.97 Å². The van der Waals surface area contributed by atoms with Crippen molar-refractivity contribution in [1.82, 2.24) is 24.6 Å². The Morgan fingerprint density at radius 1 is 1.06 bits per heavy atom. The third-order valence-electron chi connectivity index (χ3n) is 5.39. The van der Waals surface area contributed by atoms with E-state index in [0.717, 1.165) is 24.3 Å². The predicted octanol–water partition coefficient (Wildman–Crippen LogP) is 3.74. The minimum atomic E-state index is -0.493. The highest BCUT2D eigenvalue weighted by atomic mass is 16.5. The van der Waals surface area contributed by atoms with Gasteiger partial charge in [0, 0.05) is 36.6 Å². The number of aromatic nitrogens is 4. The smallest absolute Gasteiger partial charge is 0.358 e. The molecule has 0 saturated heterocycles. The van der Waals surface area contributed by atoms with Crippen LogP contribution < -0.4 is 10.1 Å². The number of hydrogen-bond acceptors (Lipinski definition) is 6. The van der Waals surface area contributed by atoms with E-state index in [2.05, 4.69) is 15.4 Å². The fourth-order valence-corrected chi connectivity index (χ4v) is 3.59. The maximum atomic E-state index is 12.5. The average Bonchev–Trinajstić information content (AvgIpc) is 3.57. The fraction of sp³-hybridized carbons (Fsp3) is 0.231. The Morgan fingerprint density at radius 3 is 2.49 bits per heavy atom. The number of carbonyl (C=O) groups excluding carboxylic acids is 2. The third-order valence-corrected chi connectivity index (χ3v) is 5.39. The monoisotopic (exact) mass is 473 g/mol. The first-order valence-corrected chi connectivity index (χ1v) is 11.3. The molecule has 9 nitrogen and oxygen atoms in total. The Kier molecular flexibility index (Phi) is 7.57. The number of aryl methyl sites for hydroxylation is 1. The van der Waals surface area contributed by atoms with Crippen LogP contribution in [0.1, 0.15) is 34.2 Å². The number of carbonyl (C=O) groups is 2. The molecule has 0 radical (unpaired) electrons. The van der Waals surface area contributed by atoms with Gasteiger partial charge in [-0.1, -0.05) is 0 Å². The molecule has 0 bridgehead atoms. The van der Waals surface area contributed by atoms with Gasteiger partial charge in [-0.15, -0.1) is 0 Å². The first-order chi connectivity index (χ1) is 17.1. The average molecular weight is 474 g/mol. The van der Waals surface area contributed by atoms with E-state index in [-0.39, 0.29) is 18.2 Å². The summed E-state index contributed by atoms with van der Waals surface area (Å²) in [5.74, 6) is 0.0868. The summed E-state index contributed by atoms with van der Waals surface area (Å²) in [7, 11) is 1.61. The van der Waals surface area contributed by atoms with Crippen LogP contribution in [-0.2, 0) is 11.3 Å². The lowest BCUT2D eigenvalue weighted by molar-refractivity contribution is 0.0518. The van der Waals surface area contributed by atoms with E-state index in [0.29, 0.717) is 23.5 Å². The second-order valence-corrected chi connectivity index (χ2v) is 7.73. The maximum absolute atomic E-state index is 12.5. The molecule has 35 heavy (non-hydrogen) atoms. The molecule has 2 aromatic carbocycles. The van der Waals surface area contributed by atoms with Crippen molar-refractivity contribution in [2.75, 3.05) is 20.3 Å². The van der Waals surface area contributed by atoms with Gasteiger partial charge in [-0.25, -0.2) is 14.5 Å². The molecule has 0 aliphatic carbocycles. The highest BCUT2D eigenvalue weighted by molar-refractivity contribution is 5.94. The number of imidazole rings is 1. The van der Waals surface area contributed by atoms with Crippen LogP contribution in [0.15, 0.2) is 73.3 Å². The Labute approximate surface area is 203 Å². The van der Waals surface area contributed by atoms with Gasteiger partial charge in [0.25, 0.3) is 5.91 Å². The minimum Gasteiger partial charge on any atom is -0.497 e. The van der Waals surface area contributed by atoms with Crippen LogP contribution in [0.3, 0.4) is 0 Å². The van der Waals surface area contributed by atoms with Gasteiger partial charge in [0.05, 0.1) is 31.4 Å². The lowest BCUT2D eigenvalue weighted by atomic mass is 10.1. The molecular weight excluding hydrogens is 446 g/mol. The van der Waals surface area contributed by atoms with Gasteiger partial charge in [0.2, 0.25) is 0 Å². The van der Waals surface area contributed by atoms with Gasteiger partial charge in [-0.2, -0.15) is 5.10 Å². The molecule has 4 rings (SSSR count). The second-order valence-electron chi connectivity index (χ2n) is 7.73. The van der Waals surface area contributed by atoms with Crippen LogP contribution in [0.25, 0.3) is 16.9 Å². The number of ether oxygens (including phenoxy) is 2. The van der Waals surface area contributed by atoms with Crippen LogP contribution in [0.2, 0.25) is 0 Å². The van der Waals surface area contributed by atoms with Crippen molar-refractivity contribution in [3.8, 4) is 22.7 Å². The van der Waals surface area contributed by atoms with Crippen molar-refractivity contribution < 1.29 is 19.1 Å². The summed E-state index contributed by atoms with van der Waals surface area (Å²) in [5.41, 5.74) is 3.03. The van der Waals surface area contributed by atoms with Gasteiger partial charge in [-0.3, -0.25) is 4.79 Å². The van der Waals surface area contributed by atoms with Crippen LogP contribution in [0.4, 0.5) is 0 Å². The van der Waals surface area contributed by atoms with E-state index in [1.54, 1.807) is 61.6 Å². The second kappa shape index (κ2) is 11.1. The number of esters is 1. The molecule has 0 aliphatic rings. The lowest BCUT2D eigenvalue weighted by Gasteiger charge is -2.10. The number of methoxy groups -OCH3 is 1. The number of nitrogens with one attached hydrogen (secondary N) is 1. The normalized spacial score (nSPS) is 10.7. The number of rotatable bonds is 10. The molecule has 1 N–H and O–H groups in total. The molecule has 0 spiro atoms. The van der Waals surface area contributed by atoms with Crippen molar-refractivity contribution >= 4 is 11.9 Å². The van der Waals surface area contributed by atoms with Crippen molar-refractivity contribution in [3.05, 3.63) is 84.6 Å². The maximum Gasteiger partial charge on any atom is 0.358 e.